The predicted octanol–water partition coefficient (Wildman–Crippen LogP) is 4.76. The number of halogens is 3. The van der Waals surface area contributed by atoms with Gasteiger partial charge in [0.1, 0.15) is 5.82 Å². The number of hydrogen-bond acceptors (Lipinski definition) is 2. The van der Waals surface area contributed by atoms with Crippen LogP contribution in [0.1, 0.15) is 18.1 Å². The van der Waals surface area contributed by atoms with Gasteiger partial charge in [0, 0.05) is 16.3 Å². The Morgan fingerprint density at radius 1 is 1.19 bits per heavy atom. The topological polar surface area (TPSA) is 32.3 Å². The smallest absolute Gasteiger partial charge is 0.142 e. The van der Waals surface area contributed by atoms with Crippen molar-refractivity contribution in [1.29, 1.82) is 0 Å². The first-order chi connectivity index (χ1) is 9.87. The SMILES string of the molecule is Cc1ccccc1NC(C)(CO)c1cc(F)c(Cl)cc1Cl. The average molecular weight is 328 g/mol. The number of aryl methyl sites for hydroxylation is 1. The minimum absolute atomic E-state index is 0.0417. The molecule has 2 N–H and O–H groups in total. The van der Waals surface area contributed by atoms with E-state index < -0.39 is 11.4 Å². The van der Waals surface area contributed by atoms with E-state index in [2.05, 4.69) is 5.32 Å². The van der Waals surface area contributed by atoms with Gasteiger partial charge in [-0.1, -0.05) is 41.4 Å². The minimum atomic E-state index is -0.922. The van der Waals surface area contributed by atoms with E-state index in [4.69, 9.17) is 23.2 Å². The first kappa shape index (κ1) is 16.1. The summed E-state index contributed by atoms with van der Waals surface area (Å²) in [6, 6.07) is 10.3. The number of hydrogen-bond donors (Lipinski definition) is 2. The van der Waals surface area contributed by atoms with Crippen LogP contribution in [-0.2, 0) is 5.54 Å². The molecule has 0 spiro atoms. The van der Waals surface area contributed by atoms with Crippen molar-refractivity contribution in [3.8, 4) is 0 Å². The van der Waals surface area contributed by atoms with Crippen molar-refractivity contribution in [2.45, 2.75) is 19.4 Å². The molecule has 0 saturated carbocycles. The maximum absolute atomic E-state index is 13.7. The van der Waals surface area contributed by atoms with Gasteiger partial charge in [0.15, 0.2) is 0 Å². The molecule has 5 heteroatoms. The summed E-state index contributed by atoms with van der Waals surface area (Å²) in [5.74, 6) is -0.567. The fraction of sp³-hybridized carbons (Fsp3) is 0.250. The monoisotopic (exact) mass is 327 g/mol. The van der Waals surface area contributed by atoms with E-state index in [9.17, 15) is 9.50 Å². The second kappa shape index (κ2) is 6.22. The third kappa shape index (κ3) is 3.31. The number of rotatable bonds is 4. The van der Waals surface area contributed by atoms with E-state index in [-0.39, 0.29) is 11.6 Å². The van der Waals surface area contributed by atoms with Gasteiger partial charge >= 0.3 is 0 Å². The third-order valence-electron chi connectivity index (χ3n) is 3.48. The van der Waals surface area contributed by atoms with Gasteiger partial charge in [0.2, 0.25) is 0 Å². The molecule has 2 aromatic carbocycles. The number of nitrogens with one attached hydrogen (secondary N) is 1. The van der Waals surface area contributed by atoms with Gasteiger partial charge in [-0.25, -0.2) is 4.39 Å². The molecule has 0 saturated heterocycles. The van der Waals surface area contributed by atoms with Crippen molar-refractivity contribution in [2.24, 2.45) is 0 Å². The van der Waals surface area contributed by atoms with Crippen LogP contribution in [-0.4, -0.2) is 11.7 Å². The zero-order valence-electron chi connectivity index (χ0n) is 11.8. The lowest BCUT2D eigenvalue weighted by atomic mass is 9.91. The highest BCUT2D eigenvalue weighted by Gasteiger charge is 2.29. The summed E-state index contributed by atoms with van der Waals surface area (Å²) in [5.41, 5.74) is 1.40. The van der Waals surface area contributed by atoms with Crippen LogP contribution < -0.4 is 5.32 Å². The second-order valence-corrected chi connectivity index (χ2v) is 5.99. The van der Waals surface area contributed by atoms with Crippen LogP contribution in [0.3, 0.4) is 0 Å². The van der Waals surface area contributed by atoms with Crippen LogP contribution in [0, 0.1) is 12.7 Å². The van der Waals surface area contributed by atoms with E-state index in [0.717, 1.165) is 11.3 Å². The normalized spacial score (nSPS) is 13.8. The summed E-state index contributed by atoms with van der Waals surface area (Å²) in [7, 11) is 0. The van der Waals surface area contributed by atoms with Gasteiger partial charge < -0.3 is 10.4 Å². The summed E-state index contributed by atoms with van der Waals surface area (Å²) in [4.78, 5) is 0. The van der Waals surface area contributed by atoms with Gasteiger partial charge in [-0.15, -0.1) is 0 Å². The number of benzene rings is 2. The maximum Gasteiger partial charge on any atom is 0.142 e. The molecule has 112 valence electrons. The van der Waals surface area contributed by atoms with E-state index in [1.54, 1.807) is 6.92 Å². The molecule has 0 fully saturated rings. The standard InChI is InChI=1S/C16H16Cl2FNO/c1-10-5-3-4-6-15(10)20-16(2,9-21)11-7-14(19)13(18)8-12(11)17/h3-8,20-21H,9H2,1-2H3. The van der Waals surface area contributed by atoms with Crippen LogP contribution >= 0.6 is 23.2 Å². The zero-order chi connectivity index (χ0) is 15.6. The Morgan fingerprint density at radius 3 is 2.48 bits per heavy atom. The molecule has 0 aliphatic carbocycles. The van der Waals surface area contributed by atoms with Gasteiger partial charge in [-0.3, -0.25) is 0 Å². The molecule has 0 heterocycles. The summed E-state index contributed by atoms with van der Waals surface area (Å²) < 4.78 is 13.7. The molecule has 2 aromatic rings. The van der Waals surface area contributed by atoms with Gasteiger partial charge in [0.25, 0.3) is 0 Å². The first-order valence-corrected chi connectivity index (χ1v) is 7.22. The Kier molecular flexibility index (Phi) is 4.77. The highest BCUT2D eigenvalue weighted by Crippen LogP contribution is 2.35. The molecule has 21 heavy (non-hydrogen) atoms. The van der Waals surface area contributed by atoms with Gasteiger partial charge in [-0.05, 0) is 37.6 Å². The molecule has 0 amide bonds. The van der Waals surface area contributed by atoms with Crippen molar-refractivity contribution in [3.63, 3.8) is 0 Å². The summed E-state index contributed by atoms with van der Waals surface area (Å²) in [6.07, 6.45) is 0. The van der Waals surface area contributed by atoms with Crippen molar-refractivity contribution in [3.05, 3.63) is 63.4 Å². The lowest BCUT2D eigenvalue weighted by molar-refractivity contribution is 0.224. The Labute approximate surface area is 133 Å². The molecular weight excluding hydrogens is 312 g/mol. The summed E-state index contributed by atoms with van der Waals surface area (Å²) in [6.45, 7) is 3.46. The fourth-order valence-electron chi connectivity index (χ4n) is 2.15. The van der Waals surface area contributed by atoms with Crippen LogP contribution in [0.5, 0.6) is 0 Å². The highest BCUT2D eigenvalue weighted by molar-refractivity contribution is 6.35. The van der Waals surface area contributed by atoms with E-state index in [1.165, 1.54) is 12.1 Å². The van der Waals surface area contributed by atoms with Crippen LogP contribution in [0.15, 0.2) is 36.4 Å². The van der Waals surface area contributed by atoms with E-state index >= 15 is 0 Å². The van der Waals surface area contributed by atoms with Crippen molar-refractivity contribution in [1.82, 2.24) is 0 Å². The van der Waals surface area contributed by atoms with Crippen LogP contribution in [0.2, 0.25) is 10.0 Å². The van der Waals surface area contributed by atoms with Crippen LogP contribution in [0.4, 0.5) is 10.1 Å². The molecular formula is C16H16Cl2FNO. The number of para-hydroxylation sites is 1. The van der Waals surface area contributed by atoms with Crippen molar-refractivity contribution >= 4 is 28.9 Å². The molecule has 2 nitrogen and oxygen atoms in total. The summed E-state index contributed by atoms with van der Waals surface area (Å²) >= 11 is 11.9. The predicted molar refractivity (Wildman–Crippen MR) is 85.7 cm³/mol. The Hall–Kier alpha value is -1.29. The molecule has 0 radical (unpaired) electrons. The molecule has 2 rings (SSSR count). The largest absolute Gasteiger partial charge is 0.394 e. The van der Waals surface area contributed by atoms with E-state index in [1.807, 2.05) is 31.2 Å². The van der Waals surface area contributed by atoms with Crippen molar-refractivity contribution < 1.29 is 9.50 Å². The van der Waals surface area contributed by atoms with Crippen molar-refractivity contribution in [2.75, 3.05) is 11.9 Å². The zero-order valence-corrected chi connectivity index (χ0v) is 13.3. The Bertz CT molecular complexity index is 663. The van der Waals surface area contributed by atoms with Gasteiger partial charge in [-0.2, -0.15) is 0 Å². The third-order valence-corrected chi connectivity index (χ3v) is 4.08. The molecule has 0 aliphatic heterocycles. The number of aliphatic hydroxyl groups is 1. The second-order valence-electron chi connectivity index (χ2n) is 5.18. The minimum Gasteiger partial charge on any atom is -0.394 e. The quantitative estimate of drug-likeness (QED) is 0.793. The lowest BCUT2D eigenvalue weighted by Gasteiger charge is -2.32. The fourth-order valence-corrected chi connectivity index (χ4v) is 2.74. The molecule has 0 aromatic heterocycles. The number of aliphatic hydroxyl groups excluding tert-OH is 1. The number of anilines is 1. The average Bonchev–Trinajstić information content (AvgIpc) is 2.45. The molecule has 1 atom stereocenters. The first-order valence-electron chi connectivity index (χ1n) is 6.47. The molecule has 0 aliphatic rings. The van der Waals surface area contributed by atoms with Gasteiger partial charge in [0.05, 0.1) is 17.2 Å². The Morgan fingerprint density at radius 2 is 1.86 bits per heavy atom. The lowest BCUT2D eigenvalue weighted by Crippen LogP contribution is -2.36. The maximum atomic E-state index is 13.7. The van der Waals surface area contributed by atoms with E-state index in [0.29, 0.717) is 10.6 Å². The molecule has 0 bridgehead atoms. The highest BCUT2D eigenvalue weighted by atomic mass is 35.5. The summed E-state index contributed by atoms with van der Waals surface area (Å²) in [5, 5.41) is 13.3. The Balaban J connectivity index is 2.47. The van der Waals surface area contributed by atoms with Crippen LogP contribution in [0.25, 0.3) is 0 Å². The molecule has 1 unspecified atom stereocenters.